The van der Waals surface area contributed by atoms with Crippen LogP contribution in [-0.4, -0.2) is 28.2 Å². The Morgan fingerprint density at radius 2 is 2.20 bits per heavy atom. The number of hydrogen-bond acceptors (Lipinski definition) is 5. The molecule has 1 atom stereocenters. The van der Waals surface area contributed by atoms with Crippen LogP contribution in [0.25, 0.3) is 0 Å². The van der Waals surface area contributed by atoms with Gasteiger partial charge in [-0.3, -0.25) is 10.1 Å². The van der Waals surface area contributed by atoms with Crippen molar-refractivity contribution in [2.75, 3.05) is 18.5 Å². The quantitative estimate of drug-likeness (QED) is 0.621. The molecule has 1 aromatic rings. The topological polar surface area (TPSA) is 88.3 Å². The van der Waals surface area contributed by atoms with Crippen molar-refractivity contribution in [2.45, 2.75) is 19.5 Å². The largest absolute Gasteiger partial charge is 0.433 e. The molecule has 1 unspecified atom stereocenters. The van der Waals surface area contributed by atoms with Gasteiger partial charge in [-0.15, -0.1) is 0 Å². The average molecular weight is 293 g/mol. The lowest BCUT2D eigenvalue weighted by Crippen LogP contribution is -2.15. The number of halogens is 3. The smallest absolute Gasteiger partial charge is 0.396 e. The van der Waals surface area contributed by atoms with E-state index in [1.807, 2.05) is 0 Å². The Hall–Kier alpha value is -1.90. The molecular weight excluding hydrogens is 279 g/mol. The Morgan fingerprint density at radius 1 is 1.55 bits per heavy atom. The highest BCUT2D eigenvalue weighted by atomic mass is 19.4. The van der Waals surface area contributed by atoms with Crippen molar-refractivity contribution >= 4 is 11.4 Å². The number of hydrogen-bond donors (Lipinski definition) is 2. The third-order valence-electron chi connectivity index (χ3n) is 2.63. The second kappa shape index (κ2) is 6.51. The molecule has 6 nitrogen and oxygen atoms in total. The van der Waals surface area contributed by atoms with Gasteiger partial charge >= 0.3 is 11.9 Å². The molecule has 0 saturated heterocycles. The molecule has 0 amide bonds. The van der Waals surface area contributed by atoms with Gasteiger partial charge in [0.15, 0.2) is 0 Å². The molecule has 0 aromatic carbocycles. The Labute approximate surface area is 112 Å². The summed E-state index contributed by atoms with van der Waals surface area (Å²) in [4.78, 5) is 13.0. The van der Waals surface area contributed by atoms with Gasteiger partial charge in [0.1, 0.15) is 17.6 Å². The minimum atomic E-state index is -4.66. The van der Waals surface area contributed by atoms with Crippen LogP contribution in [-0.2, 0) is 6.18 Å². The molecule has 0 saturated carbocycles. The van der Waals surface area contributed by atoms with Crippen molar-refractivity contribution in [3.05, 3.63) is 28.1 Å². The van der Waals surface area contributed by atoms with Crippen LogP contribution < -0.4 is 5.32 Å². The average Bonchev–Trinajstić information content (AvgIpc) is 2.35. The fourth-order valence-electron chi connectivity index (χ4n) is 1.50. The maximum Gasteiger partial charge on any atom is 0.433 e. The highest BCUT2D eigenvalue weighted by molar-refractivity contribution is 5.61. The molecule has 0 aliphatic heterocycles. The number of anilines is 1. The van der Waals surface area contributed by atoms with Gasteiger partial charge in [0, 0.05) is 13.2 Å². The predicted octanol–water partition coefficient (Wildman–Crippen LogP) is 2.44. The number of alkyl halides is 3. The van der Waals surface area contributed by atoms with E-state index in [-0.39, 0.29) is 24.8 Å². The monoisotopic (exact) mass is 293 g/mol. The molecule has 2 N–H and O–H groups in total. The number of aliphatic hydroxyl groups excluding tert-OH is 1. The zero-order chi connectivity index (χ0) is 15.3. The summed E-state index contributed by atoms with van der Waals surface area (Å²) in [6, 6.07) is 0.615. The second-order valence-electron chi connectivity index (χ2n) is 4.34. The molecule has 0 aliphatic carbocycles. The highest BCUT2D eigenvalue weighted by Crippen LogP contribution is 2.32. The Balaban J connectivity index is 2.98. The molecule has 20 heavy (non-hydrogen) atoms. The Bertz CT molecular complexity index is 480. The van der Waals surface area contributed by atoms with E-state index in [2.05, 4.69) is 10.3 Å². The predicted molar refractivity (Wildman–Crippen MR) is 65.2 cm³/mol. The van der Waals surface area contributed by atoms with Crippen LogP contribution in [0, 0.1) is 16.0 Å². The van der Waals surface area contributed by atoms with Crippen LogP contribution in [0.1, 0.15) is 19.0 Å². The van der Waals surface area contributed by atoms with E-state index < -0.39 is 22.5 Å². The normalized spacial score (nSPS) is 13.1. The maximum absolute atomic E-state index is 12.5. The molecule has 0 fully saturated rings. The third-order valence-corrected chi connectivity index (χ3v) is 2.63. The van der Waals surface area contributed by atoms with Crippen LogP contribution in [0.5, 0.6) is 0 Å². The molecule has 0 spiro atoms. The van der Waals surface area contributed by atoms with Gasteiger partial charge in [0.05, 0.1) is 4.92 Å². The molecule has 0 radical (unpaired) electrons. The second-order valence-corrected chi connectivity index (χ2v) is 4.34. The standard InChI is InChI=1S/C11H14F3N3O3/c1-7(2-3-18)5-15-8-4-10(11(12,13)14)16-6-9(8)17(19)20/h4,6-7,18H,2-3,5H2,1H3,(H,15,16). The molecule has 112 valence electrons. The lowest BCUT2D eigenvalue weighted by atomic mass is 10.1. The van der Waals surface area contributed by atoms with Crippen LogP contribution >= 0.6 is 0 Å². The zero-order valence-electron chi connectivity index (χ0n) is 10.6. The van der Waals surface area contributed by atoms with Crippen LogP contribution in [0.15, 0.2) is 12.3 Å². The molecular formula is C11H14F3N3O3. The number of rotatable bonds is 6. The fraction of sp³-hybridized carbons (Fsp3) is 0.545. The van der Waals surface area contributed by atoms with Crippen molar-refractivity contribution in [2.24, 2.45) is 5.92 Å². The molecule has 1 rings (SSSR count). The summed E-state index contributed by atoms with van der Waals surface area (Å²) in [5.74, 6) is -0.0397. The van der Waals surface area contributed by atoms with Crippen LogP contribution in [0.2, 0.25) is 0 Å². The van der Waals surface area contributed by atoms with Crippen molar-refractivity contribution in [1.82, 2.24) is 4.98 Å². The lowest BCUT2D eigenvalue weighted by molar-refractivity contribution is -0.384. The fourth-order valence-corrected chi connectivity index (χ4v) is 1.50. The molecule has 0 aliphatic rings. The summed E-state index contributed by atoms with van der Waals surface area (Å²) in [5.41, 5.74) is -1.95. The first-order chi connectivity index (χ1) is 9.25. The first-order valence-electron chi connectivity index (χ1n) is 5.82. The van der Waals surface area contributed by atoms with E-state index in [1.165, 1.54) is 0 Å². The van der Waals surface area contributed by atoms with Gasteiger partial charge in [-0.2, -0.15) is 13.2 Å². The van der Waals surface area contributed by atoms with Crippen LogP contribution in [0.3, 0.4) is 0 Å². The van der Waals surface area contributed by atoms with E-state index >= 15 is 0 Å². The van der Waals surface area contributed by atoms with Crippen molar-refractivity contribution in [3.8, 4) is 0 Å². The van der Waals surface area contributed by atoms with E-state index in [9.17, 15) is 23.3 Å². The van der Waals surface area contributed by atoms with E-state index in [0.717, 1.165) is 0 Å². The van der Waals surface area contributed by atoms with Crippen molar-refractivity contribution in [3.63, 3.8) is 0 Å². The summed E-state index contributed by atoms with van der Waals surface area (Å²) in [6.07, 6.45) is -3.64. The number of nitro groups is 1. The first kappa shape index (κ1) is 16.2. The summed E-state index contributed by atoms with van der Waals surface area (Å²) in [5, 5.41) is 22.1. The summed E-state index contributed by atoms with van der Waals surface area (Å²) < 4.78 is 37.6. The van der Waals surface area contributed by atoms with Gasteiger partial charge in [-0.1, -0.05) is 6.92 Å². The van der Waals surface area contributed by atoms with Gasteiger partial charge in [-0.25, -0.2) is 4.98 Å². The number of nitrogens with one attached hydrogen (secondary N) is 1. The SMILES string of the molecule is CC(CCO)CNc1cc(C(F)(F)F)ncc1[N+](=O)[O-]. The summed E-state index contributed by atoms with van der Waals surface area (Å²) >= 11 is 0. The Kier molecular flexibility index (Phi) is 5.26. The van der Waals surface area contributed by atoms with E-state index in [0.29, 0.717) is 18.7 Å². The van der Waals surface area contributed by atoms with Gasteiger partial charge < -0.3 is 10.4 Å². The highest BCUT2D eigenvalue weighted by Gasteiger charge is 2.34. The summed E-state index contributed by atoms with van der Waals surface area (Å²) in [6.45, 7) is 1.92. The lowest BCUT2D eigenvalue weighted by Gasteiger charge is -2.13. The summed E-state index contributed by atoms with van der Waals surface area (Å²) in [7, 11) is 0. The first-order valence-corrected chi connectivity index (χ1v) is 5.82. The van der Waals surface area contributed by atoms with Crippen molar-refractivity contribution < 1.29 is 23.2 Å². The third kappa shape index (κ3) is 4.34. The van der Waals surface area contributed by atoms with Crippen LogP contribution in [0.4, 0.5) is 24.5 Å². The zero-order valence-corrected chi connectivity index (χ0v) is 10.6. The molecule has 1 aromatic heterocycles. The van der Waals surface area contributed by atoms with Crippen molar-refractivity contribution in [1.29, 1.82) is 0 Å². The number of aliphatic hydroxyl groups is 1. The minimum Gasteiger partial charge on any atom is -0.396 e. The molecule has 1 heterocycles. The van der Waals surface area contributed by atoms with Gasteiger partial charge in [0.25, 0.3) is 0 Å². The minimum absolute atomic E-state index is 0.0397. The van der Waals surface area contributed by atoms with E-state index in [4.69, 9.17) is 5.11 Å². The Morgan fingerprint density at radius 3 is 2.70 bits per heavy atom. The maximum atomic E-state index is 12.5. The molecule has 0 bridgehead atoms. The number of pyridine rings is 1. The molecule has 9 heteroatoms. The van der Waals surface area contributed by atoms with E-state index in [1.54, 1.807) is 6.92 Å². The van der Waals surface area contributed by atoms with Gasteiger partial charge in [-0.05, 0) is 18.4 Å². The number of aromatic nitrogens is 1. The number of nitrogens with zero attached hydrogens (tertiary/aromatic N) is 2. The van der Waals surface area contributed by atoms with Gasteiger partial charge in [0.2, 0.25) is 0 Å².